The Morgan fingerprint density at radius 3 is 2.58 bits per heavy atom. The molecule has 0 atom stereocenters. The van der Waals surface area contributed by atoms with E-state index in [1.807, 2.05) is 30.3 Å². The minimum atomic E-state index is 0.0379. The van der Waals surface area contributed by atoms with Crippen LogP contribution in [0.2, 0.25) is 0 Å². The van der Waals surface area contributed by atoms with Crippen LogP contribution in [-0.4, -0.2) is 11.7 Å². The molecule has 0 aliphatic rings. The summed E-state index contributed by atoms with van der Waals surface area (Å²) in [5.41, 5.74) is 1.89. The Labute approximate surface area is 111 Å². The molecule has 2 aromatic carbocycles. The Morgan fingerprint density at radius 1 is 1.11 bits per heavy atom. The summed E-state index contributed by atoms with van der Waals surface area (Å²) < 4.78 is 5.35. The lowest BCUT2D eigenvalue weighted by Crippen LogP contribution is -2.03. The van der Waals surface area contributed by atoms with E-state index in [0.717, 1.165) is 11.3 Å². The largest absolute Gasteiger partial charge is 0.508 e. The first kappa shape index (κ1) is 12.8. The summed E-state index contributed by atoms with van der Waals surface area (Å²) in [5.74, 6) is 0.943. The minimum absolute atomic E-state index is 0.0379. The smallest absolute Gasteiger partial charge is 0.174 e. The van der Waals surface area contributed by atoms with Gasteiger partial charge in [0, 0.05) is 17.8 Å². The van der Waals surface area contributed by atoms with E-state index in [-0.39, 0.29) is 12.4 Å². The highest BCUT2D eigenvalue weighted by Crippen LogP contribution is 2.20. The van der Waals surface area contributed by atoms with E-state index in [0.29, 0.717) is 12.3 Å². The van der Waals surface area contributed by atoms with Crippen molar-refractivity contribution in [2.45, 2.75) is 6.54 Å². The predicted octanol–water partition coefficient (Wildman–Crippen LogP) is 2.91. The third kappa shape index (κ3) is 3.65. The number of rotatable bonds is 5. The zero-order valence-electron chi connectivity index (χ0n) is 10.3. The van der Waals surface area contributed by atoms with Crippen LogP contribution in [0, 0.1) is 11.3 Å². The molecular formula is C15H14N2O2. The van der Waals surface area contributed by atoms with Gasteiger partial charge in [0.25, 0.3) is 0 Å². The number of benzene rings is 2. The van der Waals surface area contributed by atoms with Gasteiger partial charge in [0.15, 0.2) is 6.61 Å². The molecule has 0 saturated heterocycles. The molecule has 4 nitrogen and oxygen atoms in total. The van der Waals surface area contributed by atoms with E-state index >= 15 is 0 Å². The van der Waals surface area contributed by atoms with Crippen molar-refractivity contribution in [1.82, 2.24) is 0 Å². The highest BCUT2D eigenvalue weighted by atomic mass is 16.5. The molecule has 0 bridgehead atoms. The molecule has 2 N–H and O–H groups in total. The van der Waals surface area contributed by atoms with Gasteiger partial charge in [-0.2, -0.15) is 5.26 Å². The number of phenolic OH excluding ortho intramolecular Hbond substituents is 1. The van der Waals surface area contributed by atoms with Gasteiger partial charge in [-0.3, -0.25) is 0 Å². The molecule has 0 fully saturated rings. The number of ether oxygens (including phenoxy) is 1. The first-order valence-electron chi connectivity index (χ1n) is 5.90. The third-order valence-corrected chi connectivity index (χ3v) is 2.62. The van der Waals surface area contributed by atoms with E-state index in [1.54, 1.807) is 24.3 Å². The van der Waals surface area contributed by atoms with Crippen LogP contribution in [0.15, 0.2) is 48.5 Å². The number of nitriles is 1. The average molecular weight is 254 g/mol. The number of anilines is 1. The molecule has 96 valence electrons. The summed E-state index contributed by atoms with van der Waals surface area (Å²) >= 11 is 0. The van der Waals surface area contributed by atoms with Gasteiger partial charge < -0.3 is 15.2 Å². The average Bonchev–Trinajstić information content (AvgIpc) is 2.45. The normalized spacial score (nSPS) is 9.63. The van der Waals surface area contributed by atoms with E-state index in [1.165, 1.54) is 0 Å². The van der Waals surface area contributed by atoms with Gasteiger partial charge in [-0.15, -0.1) is 0 Å². The molecule has 0 aromatic heterocycles. The van der Waals surface area contributed by atoms with Gasteiger partial charge in [-0.05, 0) is 30.3 Å². The van der Waals surface area contributed by atoms with Crippen molar-refractivity contribution >= 4 is 5.69 Å². The molecule has 19 heavy (non-hydrogen) atoms. The van der Waals surface area contributed by atoms with E-state index in [4.69, 9.17) is 10.00 Å². The maximum atomic E-state index is 9.20. The SMILES string of the molecule is N#CCOc1ccccc1CNc1ccc(O)cc1. The summed E-state index contributed by atoms with van der Waals surface area (Å²) in [5, 5.41) is 21.0. The second-order valence-corrected chi connectivity index (χ2v) is 3.95. The van der Waals surface area contributed by atoms with Crippen LogP contribution in [0.4, 0.5) is 5.69 Å². The van der Waals surface area contributed by atoms with Crippen molar-refractivity contribution in [3.05, 3.63) is 54.1 Å². The van der Waals surface area contributed by atoms with Crippen LogP contribution in [0.1, 0.15) is 5.56 Å². The molecule has 0 radical (unpaired) electrons. The van der Waals surface area contributed by atoms with Crippen molar-refractivity contribution in [1.29, 1.82) is 5.26 Å². The monoisotopic (exact) mass is 254 g/mol. The third-order valence-electron chi connectivity index (χ3n) is 2.62. The maximum absolute atomic E-state index is 9.20. The van der Waals surface area contributed by atoms with Gasteiger partial charge in [-0.25, -0.2) is 0 Å². The number of phenols is 1. The van der Waals surface area contributed by atoms with Gasteiger partial charge in [0.1, 0.15) is 17.6 Å². The second-order valence-electron chi connectivity index (χ2n) is 3.95. The molecule has 0 unspecified atom stereocenters. The lowest BCUT2D eigenvalue weighted by Gasteiger charge is -2.11. The minimum Gasteiger partial charge on any atom is -0.508 e. The van der Waals surface area contributed by atoms with Crippen LogP contribution in [0.5, 0.6) is 11.5 Å². The van der Waals surface area contributed by atoms with Crippen LogP contribution >= 0.6 is 0 Å². The first-order chi connectivity index (χ1) is 9.29. The fourth-order valence-corrected chi connectivity index (χ4v) is 1.68. The Hall–Kier alpha value is -2.67. The van der Waals surface area contributed by atoms with Crippen molar-refractivity contribution in [2.75, 3.05) is 11.9 Å². The molecule has 0 aliphatic carbocycles. The second kappa shape index (κ2) is 6.31. The lowest BCUT2D eigenvalue weighted by atomic mass is 10.2. The number of para-hydroxylation sites is 1. The molecule has 0 aliphatic heterocycles. The molecule has 4 heteroatoms. The summed E-state index contributed by atoms with van der Waals surface area (Å²) in [6.45, 7) is 0.628. The standard InChI is InChI=1S/C15H14N2O2/c16-9-10-19-15-4-2-1-3-12(15)11-17-13-5-7-14(18)8-6-13/h1-8,17-18H,10-11H2. The number of nitrogens with one attached hydrogen (secondary N) is 1. The molecule has 0 saturated carbocycles. The number of hydrogen-bond donors (Lipinski definition) is 2. The van der Waals surface area contributed by atoms with Crippen molar-refractivity contribution in [3.63, 3.8) is 0 Å². The van der Waals surface area contributed by atoms with Crippen molar-refractivity contribution < 1.29 is 9.84 Å². The Bertz CT molecular complexity index is 573. The summed E-state index contributed by atoms with van der Waals surface area (Å²) in [4.78, 5) is 0. The fourth-order valence-electron chi connectivity index (χ4n) is 1.68. The topological polar surface area (TPSA) is 65.3 Å². The van der Waals surface area contributed by atoms with Crippen molar-refractivity contribution in [3.8, 4) is 17.6 Å². The molecule has 2 aromatic rings. The molecular weight excluding hydrogens is 240 g/mol. The van der Waals surface area contributed by atoms with E-state index in [2.05, 4.69) is 5.32 Å². The zero-order valence-corrected chi connectivity index (χ0v) is 10.3. The van der Waals surface area contributed by atoms with E-state index in [9.17, 15) is 5.11 Å². The highest BCUT2D eigenvalue weighted by Gasteiger charge is 2.02. The first-order valence-corrected chi connectivity index (χ1v) is 5.90. The molecule has 2 rings (SSSR count). The Balaban J connectivity index is 2.03. The number of aromatic hydroxyl groups is 1. The van der Waals surface area contributed by atoms with Gasteiger partial charge >= 0.3 is 0 Å². The quantitative estimate of drug-likeness (QED) is 0.805. The Kier molecular flexibility index (Phi) is 4.25. The zero-order chi connectivity index (χ0) is 13.5. The van der Waals surface area contributed by atoms with Crippen LogP contribution in [-0.2, 0) is 6.54 Å². The summed E-state index contributed by atoms with van der Waals surface area (Å²) in [7, 11) is 0. The van der Waals surface area contributed by atoms with Crippen LogP contribution < -0.4 is 10.1 Å². The summed E-state index contributed by atoms with van der Waals surface area (Å²) in [6, 6.07) is 16.4. The van der Waals surface area contributed by atoms with Gasteiger partial charge in [-0.1, -0.05) is 18.2 Å². The fraction of sp³-hybridized carbons (Fsp3) is 0.133. The van der Waals surface area contributed by atoms with Crippen molar-refractivity contribution in [2.24, 2.45) is 0 Å². The number of hydrogen-bond acceptors (Lipinski definition) is 4. The van der Waals surface area contributed by atoms with Gasteiger partial charge in [0.2, 0.25) is 0 Å². The summed E-state index contributed by atoms with van der Waals surface area (Å²) in [6.07, 6.45) is 0. The lowest BCUT2D eigenvalue weighted by molar-refractivity contribution is 0.364. The van der Waals surface area contributed by atoms with E-state index < -0.39 is 0 Å². The predicted molar refractivity (Wildman–Crippen MR) is 73.0 cm³/mol. The maximum Gasteiger partial charge on any atom is 0.174 e. The van der Waals surface area contributed by atoms with Crippen LogP contribution in [0.3, 0.4) is 0 Å². The Morgan fingerprint density at radius 2 is 1.84 bits per heavy atom. The number of nitrogens with zero attached hydrogens (tertiary/aromatic N) is 1. The molecule has 0 spiro atoms. The molecule has 0 amide bonds. The van der Waals surface area contributed by atoms with Gasteiger partial charge in [0.05, 0.1) is 0 Å². The van der Waals surface area contributed by atoms with Crippen LogP contribution in [0.25, 0.3) is 0 Å². The molecule has 0 heterocycles. The highest BCUT2D eigenvalue weighted by molar-refractivity contribution is 5.47.